The van der Waals surface area contributed by atoms with Crippen molar-refractivity contribution in [3.63, 3.8) is 0 Å². The van der Waals surface area contributed by atoms with Crippen LogP contribution in [-0.4, -0.2) is 11.1 Å². The van der Waals surface area contributed by atoms with E-state index in [1.54, 1.807) is 12.1 Å². The third-order valence-corrected chi connectivity index (χ3v) is 5.31. The second-order valence-corrected chi connectivity index (χ2v) is 7.53. The highest BCUT2D eigenvalue weighted by molar-refractivity contribution is 5.82. The first kappa shape index (κ1) is 17.3. The number of rotatable bonds is 6. The van der Waals surface area contributed by atoms with Crippen LogP contribution >= 0.6 is 0 Å². The van der Waals surface area contributed by atoms with E-state index in [-0.39, 0.29) is 11.3 Å². The zero-order valence-corrected chi connectivity index (χ0v) is 15.1. The molecule has 4 nitrogen and oxygen atoms in total. The van der Waals surface area contributed by atoms with Gasteiger partial charge in [-0.1, -0.05) is 43.7 Å². The van der Waals surface area contributed by atoms with Crippen LogP contribution in [0.4, 0.5) is 0 Å². The monoisotopic (exact) mass is 340 g/mol. The average molecular weight is 340 g/mol. The van der Waals surface area contributed by atoms with Crippen LogP contribution in [0.3, 0.4) is 0 Å². The molecule has 132 valence electrons. The van der Waals surface area contributed by atoms with Crippen molar-refractivity contribution in [2.24, 2.45) is 16.7 Å². The van der Waals surface area contributed by atoms with Crippen molar-refractivity contribution in [2.45, 2.75) is 34.1 Å². The van der Waals surface area contributed by atoms with Gasteiger partial charge in [-0.2, -0.15) is 0 Å². The highest BCUT2D eigenvalue weighted by Crippen LogP contribution is 2.71. The molecule has 25 heavy (non-hydrogen) atoms. The normalized spacial score (nSPS) is 23.8. The molecule has 0 spiro atoms. The smallest absolute Gasteiger partial charge is 0.311 e. The Morgan fingerprint density at radius 3 is 2.48 bits per heavy atom. The third kappa shape index (κ3) is 2.97. The zero-order chi connectivity index (χ0) is 18.2. The lowest BCUT2D eigenvalue weighted by Gasteiger charge is -2.13. The number of ether oxygens (including phenoxy) is 1. The number of allylic oxidation sites excluding steroid dienone is 2. The van der Waals surface area contributed by atoms with Gasteiger partial charge >= 0.3 is 5.97 Å². The van der Waals surface area contributed by atoms with Crippen LogP contribution in [0.2, 0.25) is 0 Å². The minimum absolute atomic E-state index is 0.00825. The molecule has 0 bridgehead atoms. The molecule has 2 unspecified atom stereocenters. The summed E-state index contributed by atoms with van der Waals surface area (Å²) in [7, 11) is 0. The van der Waals surface area contributed by atoms with E-state index in [1.165, 1.54) is 0 Å². The molecule has 1 aliphatic rings. The number of benzene rings is 1. The van der Waals surface area contributed by atoms with Crippen LogP contribution in [0.1, 0.15) is 33.5 Å². The lowest BCUT2D eigenvalue weighted by molar-refractivity contribution is -0.145. The Morgan fingerprint density at radius 1 is 1.20 bits per heavy atom. The predicted molar refractivity (Wildman–Crippen MR) is 95.7 cm³/mol. The van der Waals surface area contributed by atoms with Crippen LogP contribution in [-0.2, 0) is 11.2 Å². The molecule has 4 heteroatoms. The average Bonchev–Trinajstić information content (AvgIpc) is 2.85. The summed E-state index contributed by atoms with van der Waals surface area (Å²) in [6.07, 6.45) is 2.42. The number of carboxylic acid groups (broad SMARTS) is 1. The van der Waals surface area contributed by atoms with Crippen molar-refractivity contribution in [1.29, 1.82) is 0 Å². The molecule has 1 aliphatic carbocycles. The van der Waals surface area contributed by atoms with Gasteiger partial charge in [-0.05, 0) is 37.5 Å². The van der Waals surface area contributed by atoms with E-state index in [0.29, 0.717) is 23.9 Å². The maximum absolute atomic E-state index is 12.1. The predicted octanol–water partition coefficient (Wildman–Crippen LogP) is 5.31. The number of aliphatic carboxylic acids is 1. The van der Waals surface area contributed by atoms with Gasteiger partial charge in [-0.25, -0.2) is 0 Å². The summed E-state index contributed by atoms with van der Waals surface area (Å²) in [6.45, 7) is 8.02. The molecule has 1 aromatic heterocycles. The maximum Gasteiger partial charge on any atom is 0.311 e. The Morgan fingerprint density at radius 2 is 1.88 bits per heavy atom. The summed E-state index contributed by atoms with van der Waals surface area (Å²) >= 11 is 0. The van der Waals surface area contributed by atoms with Gasteiger partial charge in [0, 0.05) is 18.4 Å². The number of carbonyl (C=O) groups is 1. The topological polar surface area (TPSA) is 59.7 Å². The fraction of sp³-hybridized carbons (Fsp3) is 0.381. The first-order valence-corrected chi connectivity index (χ1v) is 8.47. The molecule has 0 saturated heterocycles. The van der Waals surface area contributed by atoms with Gasteiger partial charge in [0.2, 0.25) is 0 Å². The molecule has 0 aliphatic heterocycles. The lowest BCUT2D eigenvalue weighted by atomic mass is 9.91. The summed E-state index contributed by atoms with van der Waals surface area (Å²) in [5, 5.41) is 9.92. The van der Waals surface area contributed by atoms with Crippen molar-refractivity contribution in [3.05, 3.63) is 59.9 Å². The van der Waals surface area contributed by atoms with E-state index in [9.17, 15) is 9.90 Å². The fourth-order valence-corrected chi connectivity index (χ4v) is 3.79. The number of hydrogen-bond acceptors (Lipinski definition) is 3. The Kier molecular flexibility index (Phi) is 4.23. The SMILES string of the molecule is CC(C)=CC1C(C)(C)C1(Cc1ccc(Oc2ccccc2)o1)C(=O)O. The van der Waals surface area contributed by atoms with E-state index < -0.39 is 11.4 Å². The van der Waals surface area contributed by atoms with E-state index in [1.807, 2.05) is 58.0 Å². The summed E-state index contributed by atoms with van der Waals surface area (Å²) in [4.78, 5) is 12.1. The third-order valence-electron chi connectivity index (χ3n) is 5.31. The Balaban J connectivity index is 1.81. The fourth-order valence-electron chi connectivity index (χ4n) is 3.79. The minimum atomic E-state index is -0.841. The van der Waals surface area contributed by atoms with Gasteiger partial charge in [0.25, 0.3) is 5.95 Å². The van der Waals surface area contributed by atoms with Crippen molar-refractivity contribution in [1.82, 2.24) is 0 Å². The molecular formula is C21H24O4. The second kappa shape index (κ2) is 6.10. The lowest BCUT2D eigenvalue weighted by Crippen LogP contribution is -2.24. The van der Waals surface area contributed by atoms with Gasteiger partial charge in [0.1, 0.15) is 11.5 Å². The van der Waals surface area contributed by atoms with Crippen molar-refractivity contribution in [2.75, 3.05) is 0 Å². The summed E-state index contributed by atoms with van der Waals surface area (Å²) in [5.74, 6) is 0.906. The summed E-state index contributed by atoms with van der Waals surface area (Å²) < 4.78 is 11.4. The van der Waals surface area contributed by atoms with E-state index in [4.69, 9.17) is 9.15 Å². The van der Waals surface area contributed by atoms with Crippen molar-refractivity contribution in [3.8, 4) is 11.7 Å². The minimum Gasteiger partial charge on any atom is -0.481 e. The van der Waals surface area contributed by atoms with Gasteiger partial charge in [-0.15, -0.1) is 0 Å². The highest BCUT2D eigenvalue weighted by Gasteiger charge is 2.74. The molecule has 0 amide bonds. The second-order valence-electron chi connectivity index (χ2n) is 7.53. The van der Waals surface area contributed by atoms with Crippen LogP contribution < -0.4 is 4.74 Å². The molecule has 1 saturated carbocycles. The van der Waals surface area contributed by atoms with Gasteiger partial charge in [0.05, 0.1) is 5.41 Å². The van der Waals surface area contributed by atoms with Gasteiger partial charge in [-0.3, -0.25) is 4.79 Å². The number of para-hydroxylation sites is 1. The van der Waals surface area contributed by atoms with Crippen LogP contribution in [0.25, 0.3) is 0 Å². The van der Waals surface area contributed by atoms with Gasteiger partial charge in [0.15, 0.2) is 0 Å². The molecule has 1 N–H and O–H groups in total. The molecule has 1 heterocycles. The molecule has 0 radical (unpaired) electrons. The van der Waals surface area contributed by atoms with Gasteiger partial charge < -0.3 is 14.3 Å². The van der Waals surface area contributed by atoms with Crippen molar-refractivity contribution < 1.29 is 19.1 Å². The van der Waals surface area contributed by atoms with Crippen LogP contribution in [0.15, 0.2) is 58.5 Å². The van der Waals surface area contributed by atoms with Crippen LogP contribution in [0, 0.1) is 16.7 Å². The van der Waals surface area contributed by atoms with E-state index >= 15 is 0 Å². The molecule has 1 aromatic carbocycles. The quantitative estimate of drug-likeness (QED) is 0.724. The molecule has 3 rings (SSSR count). The first-order chi connectivity index (χ1) is 11.8. The Labute approximate surface area is 148 Å². The first-order valence-electron chi connectivity index (χ1n) is 8.47. The summed E-state index contributed by atoms with van der Waals surface area (Å²) in [6, 6.07) is 12.9. The number of carboxylic acids is 1. The van der Waals surface area contributed by atoms with E-state index in [0.717, 1.165) is 5.57 Å². The largest absolute Gasteiger partial charge is 0.481 e. The Bertz CT molecular complexity index is 796. The molecule has 2 atom stereocenters. The molecule has 2 aromatic rings. The Hall–Kier alpha value is -2.49. The number of furan rings is 1. The van der Waals surface area contributed by atoms with Crippen molar-refractivity contribution >= 4 is 5.97 Å². The van der Waals surface area contributed by atoms with Crippen LogP contribution in [0.5, 0.6) is 11.7 Å². The number of hydrogen-bond donors (Lipinski definition) is 1. The maximum atomic E-state index is 12.1. The summed E-state index contributed by atoms with van der Waals surface area (Å²) in [5.41, 5.74) is -0.0242. The standard InChI is InChI=1S/C21H24O4/c1-14(2)12-17-20(3,4)21(17,19(22)23)13-16-10-11-18(25-16)24-15-8-6-5-7-9-15/h5-12,17H,13H2,1-4H3,(H,22,23). The highest BCUT2D eigenvalue weighted by atomic mass is 16.6. The van der Waals surface area contributed by atoms with E-state index in [2.05, 4.69) is 6.08 Å². The molecular weight excluding hydrogens is 316 g/mol. The zero-order valence-electron chi connectivity index (χ0n) is 15.1. The molecule has 1 fully saturated rings.